The van der Waals surface area contributed by atoms with Gasteiger partial charge >= 0.3 is 5.97 Å². The number of rotatable bonds is 8. The number of benzene rings is 1. The molecular weight excluding hydrogens is 454 g/mol. The summed E-state index contributed by atoms with van der Waals surface area (Å²) in [7, 11) is 0. The molecule has 8 nitrogen and oxygen atoms in total. The number of amides is 3. The van der Waals surface area contributed by atoms with Gasteiger partial charge in [-0.1, -0.05) is 24.9 Å². The zero-order valence-electron chi connectivity index (χ0n) is 17.2. The summed E-state index contributed by atoms with van der Waals surface area (Å²) in [6, 6.07) is 7.77. The van der Waals surface area contributed by atoms with E-state index in [-0.39, 0.29) is 22.1 Å². The third-order valence-electron chi connectivity index (χ3n) is 4.38. The number of nitrogens with zero attached hydrogens (tertiary/aromatic N) is 2. The second-order valence-electron chi connectivity index (χ2n) is 6.78. The molecule has 0 bridgehead atoms. The minimum atomic E-state index is -0.593. The average molecular weight is 474 g/mol. The first-order chi connectivity index (χ1) is 15.4. The Labute approximate surface area is 194 Å². The zero-order chi connectivity index (χ0) is 23.1. The van der Waals surface area contributed by atoms with Crippen LogP contribution in [0.25, 0.3) is 6.08 Å². The van der Waals surface area contributed by atoms with Gasteiger partial charge in [-0.05, 0) is 60.2 Å². The van der Waals surface area contributed by atoms with Gasteiger partial charge in [-0.3, -0.25) is 24.3 Å². The highest BCUT2D eigenvalue weighted by molar-refractivity contribution is 8.18. The summed E-state index contributed by atoms with van der Waals surface area (Å²) < 4.78 is 5.16. The van der Waals surface area contributed by atoms with Gasteiger partial charge in [0.15, 0.2) is 0 Å². The Morgan fingerprint density at radius 2 is 1.97 bits per heavy atom. The topological polar surface area (TPSA) is 106 Å². The van der Waals surface area contributed by atoms with E-state index in [1.807, 2.05) is 6.92 Å². The van der Waals surface area contributed by atoms with E-state index >= 15 is 0 Å². The molecule has 0 saturated carbocycles. The number of hydrogen-bond donors (Lipinski definition) is 1. The predicted molar refractivity (Wildman–Crippen MR) is 122 cm³/mol. The lowest BCUT2D eigenvalue weighted by molar-refractivity contribution is -0.127. The molecule has 0 unspecified atom stereocenters. The second-order valence-corrected chi connectivity index (χ2v) is 8.18. The molecule has 166 valence electrons. The first kappa shape index (κ1) is 23.5. The van der Waals surface area contributed by atoms with Crippen LogP contribution < -0.4 is 5.32 Å². The fourth-order valence-corrected chi connectivity index (χ4v) is 3.77. The van der Waals surface area contributed by atoms with Crippen LogP contribution >= 0.6 is 23.4 Å². The molecule has 0 aliphatic carbocycles. The maximum Gasteiger partial charge on any atom is 0.339 e. The highest BCUT2D eigenvalue weighted by Crippen LogP contribution is 2.32. The van der Waals surface area contributed by atoms with Crippen molar-refractivity contribution in [2.24, 2.45) is 0 Å². The first-order valence-corrected chi connectivity index (χ1v) is 11.0. The number of pyridine rings is 1. The van der Waals surface area contributed by atoms with Crippen molar-refractivity contribution in [1.29, 1.82) is 0 Å². The van der Waals surface area contributed by atoms with Gasteiger partial charge in [0.2, 0.25) is 5.91 Å². The molecule has 0 radical (unpaired) electrons. The van der Waals surface area contributed by atoms with Crippen LogP contribution in [0, 0.1) is 0 Å². The minimum absolute atomic E-state index is 0.118. The normalized spacial score (nSPS) is 14.7. The summed E-state index contributed by atoms with van der Waals surface area (Å²) in [6.07, 6.45) is 6.32. The lowest BCUT2D eigenvalue weighted by Gasteiger charge is -2.13. The number of carbonyl (C=O) groups is 4. The molecular formula is C22H20ClN3O5S. The van der Waals surface area contributed by atoms with E-state index < -0.39 is 29.6 Å². The van der Waals surface area contributed by atoms with Gasteiger partial charge in [-0.25, -0.2) is 4.79 Å². The van der Waals surface area contributed by atoms with Gasteiger partial charge in [-0.2, -0.15) is 0 Å². The van der Waals surface area contributed by atoms with Crippen LogP contribution in [-0.2, 0) is 14.3 Å². The van der Waals surface area contributed by atoms with Crippen LogP contribution in [0.2, 0.25) is 5.02 Å². The van der Waals surface area contributed by atoms with Crippen molar-refractivity contribution in [3.8, 4) is 0 Å². The Kier molecular flexibility index (Phi) is 8.02. The fourth-order valence-electron chi connectivity index (χ4n) is 2.74. The van der Waals surface area contributed by atoms with E-state index in [0.717, 1.165) is 35.1 Å². The standard InChI is InChI=1S/C22H20ClN3O5S/c1-2-3-10-31-21(29)16-12-15(4-5-17(16)23)25-19(27)13-26-20(28)18(32-22(26)30)11-14-6-8-24-9-7-14/h4-9,11-12H,2-3,10,13H2,1H3,(H,25,27)/b18-11+. The predicted octanol–water partition coefficient (Wildman–Crippen LogP) is 4.37. The lowest BCUT2D eigenvalue weighted by Crippen LogP contribution is -2.36. The van der Waals surface area contributed by atoms with Crippen LogP contribution in [0.3, 0.4) is 0 Å². The quantitative estimate of drug-likeness (QED) is 0.344. The van der Waals surface area contributed by atoms with E-state index in [1.54, 1.807) is 30.6 Å². The number of aromatic nitrogens is 1. The molecule has 1 fully saturated rings. The maximum absolute atomic E-state index is 12.6. The summed E-state index contributed by atoms with van der Waals surface area (Å²) in [4.78, 5) is 54.4. The SMILES string of the molecule is CCCCOC(=O)c1cc(NC(=O)CN2C(=O)S/C(=C/c3ccncc3)C2=O)ccc1Cl. The fraction of sp³-hybridized carbons (Fsp3) is 0.227. The molecule has 3 amide bonds. The Hall–Kier alpha value is -3.17. The van der Waals surface area contributed by atoms with Crippen LogP contribution in [0.5, 0.6) is 0 Å². The van der Waals surface area contributed by atoms with Crippen molar-refractivity contribution in [3.05, 3.63) is 63.8 Å². The Balaban J connectivity index is 1.65. The van der Waals surface area contributed by atoms with Gasteiger partial charge in [0.25, 0.3) is 11.1 Å². The highest BCUT2D eigenvalue weighted by atomic mass is 35.5. The number of halogens is 1. The van der Waals surface area contributed by atoms with Gasteiger partial charge < -0.3 is 10.1 Å². The molecule has 1 aromatic carbocycles. The highest BCUT2D eigenvalue weighted by Gasteiger charge is 2.36. The van der Waals surface area contributed by atoms with Crippen molar-refractivity contribution >= 4 is 58.1 Å². The van der Waals surface area contributed by atoms with Crippen molar-refractivity contribution in [2.45, 2.75) is 19.8 Å². The molecule has 1 N–H and O–H groups in total. The minimum Gasteiger partial charge on any atom is -0.462 e. The van der Waals surface area contributed by atoms with Gasteiger partial charge in [0.1, 0.15) is 6.54 Å². The van der Waals surface area contributed by atoms with E-state index in [4.69, 9.17) is 16.3 Å². The molecule has 3 rings (SSSR count). The number of ether oxygens (including phenoxy) is 1. The molecule has 1 saturated heterocycles. The number of carbonyl (C=O) groups excluding carboxylic acids is 4. The summed E-state index contributed by atoms with van der Waals surface area (Å²) in [5.74, 6) is -1.74. The molecule has 10 heteroatoms. The summed E-state index contributed by atoms with van der Waals surface area (Å²) >= 11 is 6.84. The average Bonchev–Trinajstić information content (AvgIpc) is 3.03. The van der Waals surface area contributed by atoms with Crippen LogP contribution in [0.4, 0.5) is 10.5 Å². The van der Waals surface area contributed by atoms with Crippen molar-refractivity contribution in [2.75, 3.05) is 18.5 Å². The van der Waals surface area contributed by atoms with E-state index in [9.17, 15) is 19.2 Å². The largest absolute Gasteiger partial charge is 0.462 e. The van der Waals surface area contributed by atoms with Gasteiger partial charge in [0.05, 0.1) is 22.1 Å². The number of esters is 1. The number of hydrogen-bond acceptors (Lipinski definition) is 7. The van der Waals surface area contributed by atoms with Gasteiger partial charge in [-0.15, -0.1) is 0 Å². The molecule has 1 aliphatic heterocycles. The number of nitrogens with one attached hydrogen (secondary N) is 1. The first-order valence-electron chi connectivity index (χ1n) is 9.81. The second kappa shape index (κ2) is 10.9. The Bertz CT molecular complexity index is 1070. The molecule has 0 spiro atoms. The molecule has 0 atom stereocenters. The number of unbranched alkanes of at least 4 members (excludes halogenated alkanes) is 1. The number of imide groups is 1. The van der Waals surface area contributed by atoms with Crippen LogP contribution in [0.1, 0.15) is 35.7 Å². The van der Waals surface area contributed by atoms with Gasteiger partial charge in [0, 0.05) is 18.1 Å². The molecule has 2 aromatic rings. The Morgan fingerprint density at radius 1 is 1.22 bits per heavy atom. The molecule has 2 heterocycles. The molecule has 32 heavy (non-hydrogen) atoms. The maximum atomic E-state index is 12.6. The van der Waals surface area contributed by atoms with Crippen molar-refractivity contribution in [1.82, 2.24) is 9.88 Å². The zero-order valence-corrected chi connectivity index (χ0v) is 18.7. The third kappa shape index (κ3) is 5.95. The van der Waals surface area contributed by atoms with Crippen LogP contribution in [-0.4, -0.2) is 46.1 Å². The molecule has 1 aliphatic rings. The lowest BCUT2D eigenvalue weighted by atomic mass is 10.2. The monoisotopic (exact) mass is 473 g/mol. The Morgan fingerprint density at radius 3 is 2.69 bits per heavy atom. The summed E-state index contributed by atoms with van der Waals surface area (Å²) in [5.41, 5.74) is 1.13. The van der Waals surface area contributed by atoms with Crippen LogP contribution in [0.15, 0.2) is 47.6 Å². The smallest absolute Gasteiger partial charge is 0.339 e. The third-order valence-corrected chi connectivity index (χ3v) is 5.62. The summed E-state index contributed by atoms with van der Waals surface area (Å²) in [5, 5.41) is 2.23. The van der Waals surface area contributed by atoms with Crippen molar-refractivity contribution in [3.63, 3.8) is 0 Å². The van der Waals surface area contributed by atoms with Crippen molar-refractivity contribution < 1.29 is 23.9 Å². The number of thioether (sulfide) groups is 1. The van der Waals surface area contributed by atoms with E-state index in [0.29, 0.717) is 5.69 Å². The summed E-state index contributed by atoms with van der Waals surface area (Å²) in [6.45, 7) is 1.79. The van der Waals surface area contributed by atoms with E-state index in [1.165, 1.54) is 18.2 Å². The number of anilines is 1. The van der Waals surface area contributed by atoms with E-state index in [2.05, 4.69) is 10.3 Å². The molecule has 1 aromatic heterocycles.